The molecule has 0 aromatic rings. The van der Waals surface area contributed by atoms with Crippen LogP contribution in [-0.4, -0.2) is 37.1 Å². The summed E-state index contributed by atoms with van der Waals surface area (Å²) in [6.07, 6.45) is 5.32. The molecular weight excluding hydrogens is 208 g/mol. The number of nitrogens with one attached hydrogen (secondary N) is 1. The fourth-order valence-corrected chi connectivity index (χ4v) is 2.85. The van der Waals surface area contributed by atoms with E-state index in [1.165, 1.54) is 51.9 Å². The molecule has 0 amide bonds. The van der Waals surface area contributed by atoms with E-state index in [-0.39, 0.29) is 0 Å². The molecule has 2 heteroatoms. The first-order chi connectivity index (χ1) is 8.19. The Bertz CT molecular complexity index is 187. The molecule has 0 aromatic carbocycles. The normalized spacial score (nSPS) is 21.7. The lowest BCUT2D eigenvalue weighted by atomic mass is 9.94. The van der Waals surface area contributed by atoms with E-state index in [2.05, 4.69) is 37.9 Å². The summed E-state index contributed by atoms with van der Waals surface area (Å²) in [5.41, 5.74) is 0. The van der Waals surface area contributed by atoms with Crippen LogP contribution in [0.2, 0.25) is 0 Å². The minimum absolute atomic E-state index is 0.745. The van der Waals surface area contributed by atoms with Crippen LogP contribution < -0.4 is 5.32 Å². The van der Waals surface area contributed by atoms with Crippen molar-refractivity contribution in [2.45, 2.75) is 59.4 Å². The van der Waals surface area contributed by atoms with Gasteiger partial charge in [0, 0.05) is 12.6 Å². The standard InChI is InChI=1S/C15H32N2/c1-5-11-17(14(4)13(3)6-2)12-15-7-9-16-10-8-15/h13-16H,5-12H2,1-4H3. The third kappa shape index (κ3) is 4.97. The highest BCUT2D eigenvalue weighted by Gasteiger charge is 2.22. The van der Waals surface area contributed by atoms with Crippen molar-refractivity contribution in [3.63, 3.8) is 0 Å². The molecule has 1 saturated heterocycles. The van der Waals surface area contributed by atoms with E-state index in [1.54, 1.807) is 0 Å². The summed E-state index contributed by atoms with van der Waals surface area (Å²) in [7, 11) is 0. The van der Waals surface area contributed by atoms with Crippen molar-refractivity contribution in [1.29, 1.82) is 0 Å². The zero-order valence-electron chi connectivity index (χ0n) is 12.3. The predicted molar refractivity (Wildman–Crippen MR) is 76.4 cm³/mol. The summed E-state index contributed by atoms with van der Waals surface area (Å²) < 4.78 is 0. The Morgan fingerprint density at radius 3 is 2.35 bits per heavy atom. The van der Waals surface area contributed by atoms with Gasteiger partial charge in [0.2, 0.25) is 0 Å². The zero-order valence-corrected chi connectivity index (χ0v) is 12.3. The van der Waals surface area contributed by atoms with Crippen LogP contribution in [0.25, 0.3) is 0 Å². The SMILES string of the molecule is CCCN(CC1CCNCC1)C(C)C(C)CC. The third-order valence-corrected chi connectivity index (χ3v) is 4.51. The van der Waals surface area contributed by atoms with Crippen molar-refractivity contribution >= 4 is 0 Å². The molecular formula is C15H32N2. The van der Waals surface area contributed by atoms with Crippen molar-refractivity contribution in [2.75, 3.05) is 26.2 Å². The first-order valence-electron chi connectivity index (χ1n) is 7.63. The van der Waals surface area contributed by atoms with Crippen LogP contribution in [0.3, 0.4) is 0 Å². The number of nitrogens with zero attached hydrogens (tertiary/aromatic N) is 1. The molecule has 17 heavy (non-hydrogen) atoms. The van der Waals surface area contributed by atoms with Gasteiger partial charge in [0.15, 0.2) is 0 Å². The van der Waals surface area contributed by atoms with Gasteiger partial charge in [0.25, 0.3) is 0 Å². The monoisotopic (exact) mass is 240 g/mol. The Kier molecular flexibility index (Phi) is 7.14. The smallest absolute Gasteiger partial charge is 0.00925 e. The Balaban J connectivity index is 2.45. The molecule has 1 rings (SSSR count). The minimum atomic E-state index is 0.745. The first kappa shape index (κ1) is 15.0. The maximum absolute atomic E-state index is 3.46. The van der Waals surface area contributed by atoms with Crippen molar-refractivity contribution in [3.8, 4) is 0 Å². The fraction of sp³-hybridized carbons (Fsp3) is 1.00. The molecule has 0 aromatic heterocycles. The van der Waals surface area contributed by atoms with Gasteiger partial charge in [-0.1, -0.05) is 27.2 Å². The van der Waals surface area contributed by atoms with E-state index in [9.17, 15) is 0 Å². The quantitative estimate of drug-likeness (QED) is 0.735. The summed E-state index contributed by atoms with van der Waals surface area (Å²) in [6.45, 7) is 14.5. The van der Waals surface area contributed by atoms with Gasteiger partial charge in [0.1, 0.15) is 0 Å². The maximum atomic E-state index is 3.46. The van der Waals surface area contributed by atoms with Gasteiger partial charge in [0.05, 0.1) is 0 Å². The lowest BCUT2D eigenvalue weighted by Gasteiger charge is -2.36. The van der Waals surface area contributed by atoms with Gasteiger partial charge < -0.3 is 10.2 Å². The summed E-state index contributed by atoms with van der Waals surface area (Å²) in [5, 5.41) is 3.46. The zero-order chi connectivity index (χ0) is 12.7. The Morgan fingerprint density at radius 1 is 1.18 bits per heavy atom. The average Bonchev–Trinajstić information content (AvgIpc) is 2.37. The van der Waals surface area contributed by atoms with Gasteiger partial charge in [-0.15, -0.1) is 0 Å². The van der Waals surface area contributed by atoms with Crippen molar-refractivity contribution < 1.29 is 0 Å². The van der Waals surface area contributed by atoms with E-state index in [0.29, 0.717) is 0 Å². The van der Waals surface area contributed by atoms with Gasteiger partial charge >= 0.3 is 0 Å². The van der Waals surface area contributed by atoms with Crippen LogP contribution in [0.4, 0.5) is 0 Å². The Hall–Kier alpha value is -0.0800. The van der Waals surface area contributed by atoms with Gasteiger partial charge in [-0.25, -0.2) is 0 Å². The first-order valence-corrected chi connectivity index (χ1v) is 7.63. The molecule has 0 spiro atoms. The molecule has 102 valence electrons. The molecule has 2 unspecified atom stereocenters. The number of rotatable bonds is 7. The largest absolute Gasteiger partial charge is 0.317 e. The van der Waals surface area contributed by atoms with Crippen LogP contribution in [-0.2, 0) is 0 Å². The number of piperidine rings is 1. The van der Waals surface area contributed by atoms with Gasteiger partial charge in [-0.3, -0.25) is 0 Å². The highest BCUT2D eigenvalue weighted by molar-refractivity contribution is 4.77. The predicted octanol–water partition coefficient (Wildman–Crippen LogP) is 3.13. The highest BCUT2D eigenvalue weighted by Crippen LogP contribution is 2.20. The Morgan fingerprint density at radius 2 is 1.82 bits per heavy atom. The number of hydrogen-bond acceptors (Lipinski definition) is 2. The maximum Gasteiger partial charge on any atom is 0.00925 e. The molecule has 1 aliphatic heterocycles. The Labute approximate surface area is 108 Å². The van der Waals surface area contributed by atoms with E-state index >= 15 is 0 Å². The summed E-state index contributed by atoms with van der Waals surface area (Å²) in [5.74, 6) is 1.75. The second-order valence-corrected chi connectivity index (χ2v) is 5.81. The van der Waals surface area contributed by atoms with E-state index in [1.807, 2.05) is 0 Å². The highest BCUT2D eigenvalue weighted by atomic mass is 15.2. The molecule has 0 saturated carbocycles. The topological polar surface area (TPSA) is 15.3 Å². The third-order valence-electron chi connectivity index (χ3n) is 4.51. The molecule has 0 radical (unpaired) electrons. The van der Waals surface area contributed by atoms with Crippen LogP contribution in [0, 0.1) is 11.8 Å². The molecule has 1 aliphatic rings. The van der Waals surface area contributed by atoms with Crippen molar-refractivity contribution in [1.82, 2.24) is 10.2 Å². The second kappa shape index (κ2) is 8.10. The van der Waals surface area contributed by atoms with Crippen LogP contribution in [0.1, 0.15) is 53.4 Å². The molecule has 1 N–H and O–H groups in total. The molecule has 0 aliphatic carbocycles. The molecule has 2 atom stereocenters. The van der Waals surface area contributed by atoms with Crippen LogP contribution >= 0.6 is 0 Å². The summed E-state index contributed by atoms with van der Waals surface area (Å²) in [6, 6.07) is 0.745. The summed E-state index contributed by atoms with van der Waals surface area (Å²) in [4.78, 5) is 2.74. The second-order valence-electron chi connectivity index (χ2n) is 5.81. The van der Waals surface area contributed by atoms with Crippen molar-refractivity contribution in [2.24, 2.45) is 11.8 Å². The van der Waals surface area contributed by atoms with Gasteiger partial charge in [-0.05, 0) is 57.7 Å². The lowest BCUT2D eigenvalue weighted by Crippen LogP contribution is -2.43. The van der Waals surface area contributed by atoms with Crippen LogP contribution in [0.5, 0.6) is 0 Å². The van der Waals surface area contributed by atoms with E-state index < -0.39 is 0 Å². The summed E-state index contributed by atoms with van der Waals surface area (Å²) >= 11 is 0. The minimum Gasteiger partial charge on any atom is -0.317 e. The molecule has 1 fully saturated rings. The van der Waals surface area contributed by atoms with Gasteiger partial charge in [-0.2, -0.15) is 0 Å². The molecule has 1 heterocycles. The molecule has 0 bridgehead atoms. The lowest BCUT2D eigenvalue weighted by molar-refractivity contribution is 0.124. The molecule has 2 nitrogen and oxygen atoms in total. The van der Waals surface area contributed by atoms with E-state index in [4.69, 9.17) is 0 Å². The average molecular weight is 240 g/mol. The van der Waals surface area contributed by atoms with E-state index in [0.717, 1.165) is 17.9 Å². The number of hydrogen-bond donors (Lipinski definition) is 1. The van der Waals surface area contributed by atoms with Crippen molar-refractivity contribution in [3.05, 3.63) is 0 Å². The van der Waals surface area contributed by atoms with Crippen LogP contribution in [0.15, 0.2) is 0 Å². The fourth-order valence-electron chi connectivity index (χ4n) is 2.85.